The molecule has 6 heteroatoms. The zero-order chi connectivity index (χ0) is 17.1. The molecule has 24 heavy (non-hydrogen) atoms. The van der Waals surface area contributed by atoms with Crippen molar-refractivity contribution in [3.8, 4) is 11.4 Å². The van der Waals surface area contributed by atoms with E-state index in [4.69, 9.17) is 4.42 Å². The minimum Gasteiger partial charge on any atom is -0.467 e. The van der Waals surface area contributed by atoms with E-state index >= 15 is 0 Å². The van der Waals surface area contributed by atoms with E-state index in [2.05, 4.69) is 15.4 Å². The van der Waals surface area contributed by atoms with Gasteiger partial charge in [-0.2, -0.15) is 5.10 Å². The van der Waals surface area contributed by atoms with E-state index in [1.807, 2.05) is 51.1 Å². The van der Waals surface area contributed by atoms with Crippen molar-refractivity contribution >= 4 is 5.91 Å². The molecule has 0 bridgehead atoms. The van der Waals surface area contributed by atoms with Crippen LogP contribution >= 0.6 is 0 Å². The van der Waals surface area contributed by atoms with Gasteiger partial charge in [-0.15, -0.1) is 0 Å². The lowest BCUT2D eigenvalue weighted by Gasteiger charge is -2.12. The average Bonchev–Trinajstić information content (AvgIpc) is 3.17. The van der Waals surface area contributed by atoms with Gasteiger partial charge in [0.25, 0.3) is 0 Å². The topological polar surface area (TPSA) is 73.0 Å². The van der Waals surface area contributed by atoms with Crippen molar-refractivity contribution in [3.63, 3.8) is 0 Å². The van der Waals surface area contributed by atoms with Gasteiger partial charge in [0, 0.05) is 5.56 Å². The lowest BCUT2D eigenvalue weighted by atomic mass is 10.1. The van der Waals surface area contributed by atoms with Crippen molar-refractivity contribution in [1.82, 2.24) is 20.1 Å². The normalized spacial score (nSPS) is 12.1. The van der Waals surface area contributed by atoms with E-state index in [1.54, 1.807) is 17.0 Å². The maximum Gasteiger partial charge on any atom is 0.242 e. The second kappa shape index (κ2) is 6.70. The van der Waals surface area contributed by atoms with Crippen LogP contribution in [0.2, 0.25) is 0 Å². The minimum atomic E-state index is -0.195. The van der Waals surface area contributed by atoms with Crippen LogP contribution in [0.25, 0.3) is 11.4 Å². The predicted molar refractivity (Wildman–Crippen MR) is 90.2 cm³/mol. The number of amides is 1. The minimum absolute atomic E-state index is 0.106. The number of aryl methyl sites for hydroxylation is 2. The molecular formula is C18H20N4O2. The molecule has 1 N–H and O–H groups in total. The van der Waals surface area contributed by atoms with Gasteiger partial charge in [0.15, 0.2) is 5.82 Å². The largest absolute Gasteiger partial charge is 0.467 e. The number of aromatic nitrogens is 3. The standard InChI is InChI=1S/C18H20N4O2/c1-12-6-4-7-15(10-12)18-20-14(3)21-22(18)11-17(23)19-13(2)16-8-5-9-24-16/h4-10,13H,11H2,1-3H3,(H,19,23)/t13-/m1/s1. The summed E-state index contributed by atoms with van der Waals surface area (Å²) in [5, 5.41) is 7.26. The number of carbonyl (C=O) groups excluding carboxylic acids is 1. The summed E-state index contributed by atoms with van der Waals surface area (Å²) >= 11 is 0. The smallest absolute Gasteiger partial charge is 0.242 e. The molecule has 0 aliphatic carbocycles. The zero-order valence-electron chi connectivity index (χ0n) is 14.0. The van der Waals surface area contributed by atoms with Crippen LogP contribution in [0, 0.1) is 13.8 Å². The van der Waals surface area contributed by atoms with Gasteiger partial charge in [0.05, 0.1) is 12.3 Å². The zero-order valence-corrected chi connectivity index (χ0v) is 14.0. The van der Waals surface area contributed by atoms with E-state index in [-0.39, 0.29) is 18.5 Å². The summed E-state index contributed by atoms with van der Waals surface area (Å²) in [5.74, 6) is 1.91. The molecule has 0 saturated carbocycles. The number of rotatable bonds is 5. The van der Waals surface area contributed by atoms with Gasteiger partial charge in [-0.3, -0.25) is 4.79 Å². The molecule has 3 rings (SSSR count). The third kappa shape index (κ3) is 3.53. The summed E-state index contributed by atoms with van der Waals surface area (Å²) < 4.78 is 6.94. The maximum atomic E-state index is 12.3. The van der Waals surface area contributed by atoms with Gasteiger partial charge in [-0.25, -0.2) is 9.67 Å². The van der Waals surface area contributed by atoms with Crippen LogP contribution in [0.4, 0.5) is 0 Å². The number of benzene rings is 1. The molecule has 0 unspecified atom stereocenters. The van der Waals surface area contributed by atoms with Gasteiger partial charge in [0.1, 0.15) is 18.1 Å². The molecule has 1 amide bonds. The molecule has 124 valence electrons. The van der Waals surface area contributed by atoms with E-state index in [9.17, 15) is 4.79 Å². The molecule has 0 saturated heterocycles. The molecule has 3 aromatic rings. The molecule has 0 aliphatic heterocycles. The summed E-state index contributed by atoms with van der Waals surface area (Å²) in [4.78, 5) is 16.8. The molecule has 2 aromatic heterocycles. The van der Waals surface area contributed by atoms with E-state index in [1.165, 1.54) is 0 Å². The third-order valence-electron chi connectivity index (χ3n) is 3.69. The van der Waals surface area contributed by atoms with Crippen LogP contribution in [0.5, 0.6) is 0 Å². The highest BCUT2D eigenvalue weighted by Gasteiger charge is 2.16. The summed E-state index contributed by atoms with van der Waals surface area (Å²) in [5.41, 5.74) is 2.08. The molecule has 0 radical (unpaired) electrons. The molecule has 1 aromatic carbocycles. The number of hydrogen-bond donors (Lipinski definition) is 1. The highest BCUT2D eigenvalue weighted by atomic mass is 16.3. The highest BCUT2D eigenvalue weighted by Crippen LogP contribution is 2.19. The van der Waals surface area contributed by atoms with Crippen LogP contribution < -0.4 is 5.32 Å². The molecular weight excluding hydrogens is 304 g/mol. The molecule has 6 nitrogen and oxygen atoms in total. The third-order valence-corrected chi connectivity index (χ3v) is 3.69. The van der Waals surface area contributed by atoms with Crippen LogP contribution in [0.3, 0.4) is 0 Å². The Balaban J connectivity index is 1.77. The van der Waals surface area contributed by atoms with Crippen molar-refractivity contribution in [2.75, 3.05) is 0 Å². The first-order chi connectivity index (χ1) is 11.5. The van der Waals surface area contributed by atoms with Crippen molar-refractivity contribution < 1.29 is 9.21 Å². The molecule has 1 atom stereocenters. The van der Waals surface area contributed by atoms with Crippen LogP contribution in [-0.4, -0.2) is 20.7 Å². The SMILES string of the molecule is Cc1cccc(-c2nc(C)nn2CC(=O)N[C@H](C)c2ccco2)c1. The van der Waals surface area contributed by atoms with Crippen LogP contribution in [-0.2, 0) is 11.3 Å². The molecule has 0 spiro atoms. The number of hydrogen-bond acceptors (Lipinski definition) is 4. The second-order valence-electron chi connectivity index (χ2n) is 5.81. The Bertz CT molecular complexity index is 837. The second-order valence-corrected chi connectivity index (χ2v) is 5.81. The molecule has 0 fully saturated rings. The molecule has 0 aliphatic rings. The Morgan fingerprint density at radius 3 is 2.83 bits per heavy atom. The number of furan rings is 1. The first-order valence-corrected chi connectivity index (χ1v) is 7.84. The van der Waals surface area contributed by atoms with E-state index in [0.717, 1.165) is 16.9 Å². The first-order valence-electron chi connectivity index (χ1n) is 7.84. The maximum absolute atomic E-state index is 12.3. The van der Waals surface area contributed by atoms with Gasteiger partial charge >= 0.3 is 0 Å². The fourth-order valence-electron chi connectivity index (χ4n) is 2.60. The quantitative estimate of drug-likeness (QED) is 0.783. The first kappa shape index (κ1) is 16.0. The number of nitrogens with one attached hydrogen (secondary N) is 1. The van der Waals surface area contributed by atoms with Crippen molar-refractivity contribution in [1.29, 1.82) is 0 Å². The Hall–Kier alpha value is -2.89. The number of nitrogens with zero attached hydrogens (tertiary/aromatic N) is 3. The Kier molecular flexibility index (Phi) is 4.46. The Labute approximate surface area is 140 Å². The van der Waals surface area contributed by atoms with Crippen molar-refractivity contribution in [2.24, 2.45) is 0 Å². The Morgan fingerprint density at radius 2 is 2.12 bits per heavy atom. The lowest BCUT2D eigenvalue weighted by molar-refractivity contribution is -0.122. The lowest BCUT2D eigenvalue weighted by Crippen LogP contribution is -2.30. The van der Waals surface area contributed by atoms with Crippen molar-refractivity contribution in [3.05, 3.63) is 59.8 Å². The van der Waals surface area contributed by atoms with Crippen molar-refractivity contribution in [2.45, 2.75) is 33.4 Å². The van der Waals surface area contributed by atoms with E-state index in [0.29, 0.717) is 11.6 Å². The summed E-state index contributed by atoms with van der Waals surface area (Å²) in [7, 11) is 0. The van der Waals surface area contributed by atoms with Gasteiger partial charge in [-0.05, 0) is 39.0 Å². The van der Waals surface area contributed by atoms with Gasteiger partial charge in [0.2, 0.25) is 5.91 Å². The molecule has 2 heterocycles. The van der Waals surface area contributed by atoms with Crippen LogP contribution in [0.1, 0.15) is 30.1 Å². The monoisotopic (exact) mass is 324 g/mol. The predicted octanol–water partition coefficient (Wildman–Crippen LogP) is 3.03. The van der Waals surface area contributed by atoms with Crippen LogP contribution in [0.15, 0.2) is 47.1 Å². The average molecular weight is 324 g/mol. The highest BCUT2D eigenvalue weighted by molar-refractivity contribution is 5.76. The summed E-state index contributed by atoms with van der Waals surface area (Å²) in [6.07, 6.45) is 1.59. The van der Waals surface area contributed by atoms with Gasteiger partial charge in [-0.1, -0.05) is 23.8 Å². The fourth-order valence-corrected chi connectivity index (χ4v) is 2.60. The Morgan fingerprint density at radius 1 is 1.29 bits per heavy atom. The van der Waals surface area contributed by atoms with E-state index < -0.39 is 0 Å². The number of carbonyl (C=O) groups is 1. The fraction of sp³-hybridized carbons (Fsp3) is 0.278. The summed E-state index contributed by atoms with van der Waals surface area (Å²) in [6, 6.07) is 11.4. The van der Waals surface area contributed by atoms with Gasteiger partial charge < -0.3 is 9.73 Å². The summed E-state index contributed by atoms with van der Waals surface area (Å²) in [6.45, 7) is 5.83.